The molecule has 1 unspecified atom stereocenters. The molecule has 0 saturated heterocycles. The summed E-state index contributed by atoms with van der Waals surface area (Å²) < 4.78 is 28.6. The maximum Gasteiger partial charge on any atom is 0.141 e. The minimum atomic E-state index is -0.370. The fraction of sp³-hybridized carbons (Fsp3) is 0.310. The molecule has 196 valence electrons. The smallest absolute Gasteiger partial charge is 0.141 e. The van der Waals surface area contributed by atoms with Crippen LogP contribution >= 0.6 is 0 Å². The number of benzene rings is 2. The topological polar surface area (TPSA) is 103 Å². The van der Waals surface area contributed by atoms with E-state index in [0.717, 1.165) is 31.5 Å². The van der Waals surface area contributed by atoms with Gasteiger partial charge in [0.05, 0.1) is 23.0 Å². The van der Waals surface area contributed by atoms with Crippen molar-refractivity contribution in [1.82, 2.24) is 14.9 Å². The molecule has 1 aliphatic carbocycles. The standard InChI is InChI=1S/C29H31F2N7/c1-4-18-9-10-19(13-23(18)31)26(32)25-27(33)34-15-35-28(25)36-16(2)29-37-24-12-11-20(30)14-22(24)17(3)38(29)21-7-5-6-8-21/h9-16,21,32H,3-8H2,1-2H3,(H3,33,34,35,36). The zero-order valence-electron chi connectivity index (χ0n) is 21.6. The lowest BCUT2D eigenvalue weighted by Crippen LogP contribution is -2.46. The number of amidine groups is 1. The monoisotopic (exact) mass is 515 g/mol. The summed E-state index contributed by atoms with van der Waals surface area (Å²) in [5.74, 6) is 0.492. The Kier molecular flexibility index (Phi) is 6.93. The zero-order chi connectivity index (χ0) is 27.0. The lowest BCUT2D eigenvalue weighted by Gasteiger charge is -2.39. The maximum absolute atomic E-state index is 14.5. The molecule has 0 radical (unpaired) electrons. The van der Waals surface area contributed by atoms with Crippen molar-refractivity contribution in [2.24, 2.45) is 4.99 Å². The van der Waals surface area contributed by atoms with Gasteiger partial charge in [0.2, 0.25) is 0 Å². The summed E-state index contributed by atoms with van der Waals surface area (Å²) in [5, 5.41) is 12.2. The number of hydrogen-bond donors (Lipinski definition) is 3. The Bertz CT molecular complexity index is 1440. The summed E-state index contributed by atoms with van der Waals surface area (Å²) in [5.41, 5.74) is 9.52. The number of nitrogens with one attached hydrogen (secondary N) is 2. The van der Waals surface area contributed by atoms with E-state index in [9.17, 15) is 8.78 Å². The second kappa shape index (κ2) is 10.3. The van der Waals surface area contributed by atoms with Crippen LogP contribution in [0.25, 0.3) is 5.70 Å². The van der Waals surface area contributed by atoms with E-state index < -0.39 is 0 Å². The Morgan fingerprint density at radius 1 is 1.18 bits per heavy atom. The van der Waals surface area contributed by atoms with E-state index in [4.69, 9.17) is 16.1 Å². The highest BCUT2D eigenvalue weighted by Gasteiger charge is 2.34. The van der Waals surface area contributed by atoms with E-state index in [-0.39, 0.29) is 40.8 Å². The van der Waals surface area contributed by atoms with E-state index in [1.54, 1.807) is 18.2 Å². The van der Waals surface area contributed by atoms with Gasteiger partial charge in [-0.1, -0.05) is 38.5 Å². The molecule has 1 saturated carbocycles. The molecule has 1 aliphatic heterocycles. The van der Waals surface area contributed by atoms with Crippen LogP contribution in [0.1, 0.15) is 61.8 Å². The van der Waals surface area contributed by atoms with Gasteiger partial charge in [-0.15, -0.1) is 0 Å². The molecule has 2 aromatic carbocycles. The molecule has 5 rings (SSSR count). The number of nitrogens with zero attached hydrogens (tertiary/aromatic N) is 4. The van der Waals surface area contributed by atoms with Crippen molar-refractivity contribution < 1.29 is 8.78 Å². The third kappa shape index (κ3) is 4.64. The molecule has 2 aliphatic rings. The molecule has 9 heteroatoms. The minimum Gasteiger partial charge on any atom is -0.383 e. The summed E-state index contributed by atoms with van der Waals surface area (Å²) in [4.78, 5) is 15.5. The van der Waals surface area contributed by atoms with Crippen molar-refractivity contribution in [1.29, 1.82) is 5.41 Å². The van der Waals surface area contributed by atoms with Gasteiger partial charge in [-0.3, -0.25) is 5.41 Å². The van der Waals surface area contributed by atoms with Crippen molar-refractivity contribution in [3.63, 3.8) is 0 Å². The van der Waals surface area contributed by atoms with Crippen LogP contribution in [0.3, 0.4) is 0 Å². The van der Waals surface area contributed by atoms with Crippen molar-refractivity contribution >= 4 is 34.6 Å². The van der Waals surface area contributed by atoms with Crippen molar-refractivity contribution in [2.45, 2.75) is 58.0 Å². The Labute approximate surface area is 221 Å². The van der Waals surface area contributed by atoms with Crippen molar-refractivity contribution in [3.8, 4) is 0 Å². The van der Waals surface area contributed by atoms with Crippen LogP contribution in [-0.4, -0.2) is 38.5 Å². The SMILES string of the molecule is C=C1c2cc(F)ccc2N=C(C(C)Nc2ncnc(N)c2C(=N)c2ccc(CC)c(F)c2)N1C1CCCC1. The molecule has 3 aromatic rings. The molecular weight excluding hydrogens is 484 g/mol. The Morgan fingerprint density at radius 3 is 2.66 bits per heavy atom. The van der Waals surface area contributed by atoms with Crippen molar-refractivity contribution in [3.05, 3.63) is 83.2 Å². The largest absolute Gasteiger partial charge is 0.383 e. The highest BCUT2D eigenvalue weighted by Crippen LogP contribution is 2.39. The zero-order valence-corrected chi connectivity index (χ0v) is 21.6. The highest BCUT2D eigenvalue weighted by atomic mass is 19.1. The number of anilines is 2. The normalized spacial score (nSPS) is 16.3. The van der Waals surface area contributed by atoms with Crippen LogP contribution in [0.5, 0.6) is 0 Å². The first-order chi connectivity index (χ1) is 18.3. The number of aryl methyl sites for hydroxylation is 1. The number of fused-ring (bicyclic) bond motifs is 1. The molecule has 2 heterocycles. The molecule has 0 amide bonds. The Balaban J connectivity index is 1.51. The number of aromatic nitrogens is 2. The molecule has 4 N–H and O–H groups in total. The van der Waals surface area contributed by atoms with Gasteiger partial charge < -0.3 is 16.0 Å². The number of hydrogen-bond acceptors (Lipinski definition) is 7. The van der Waals surface area contributed by atoms with Crippen LogP contribution in [0.15, 0.2) is 54.3 Å². The molecule has 1 atom stereocenters. The maximum atomic E-state index is 14.5. The van der Waals surface area contributed by atoms with Gasteiger partial charge in [0.15, 0.2) is 0 Å². The highest BCUT2D eigenvalue weighted by molar-refractivity contribution is 6.16. The summed E-state index contributed by atoms with van der Waals surface area (Å²) in [6.07, 6.45) is 6.08. The second-order valence-electron chi connectivity index (χ2n) is 9.77. The lowest BCUT2D eigenvalue weighted by atomic mass is 10.00. The van der Waals surface area contributed by atoms with Gasteiger partial charge in [0.1, 0.15) is 35.4 Å². The quantitative estimate of drug-likeness (QED) is 0.331. The molecule has 38 heavy (non-hydrogen) atoms. The summed E-state index contributed by atoms with van der Waals surface area (Å²) in [7, 11) is 0. The van der Waals surface area contributed by atoms with Crippen LogP contribution in [0, 0.1) is 17.0 Å². The average Bonchev–Trinajstić information content (AvgIpc) is 3.43. The molecule has 0 bridgehead atoms. The first kappa shape index (κ1) is 25.5. The third-order valence-corrected chi connectivity index (χ3v) is 7.32. The number of aliphatic imine (C=N–C) groups is 1. The van der Waals surface area contributed by atoms with Gasteiger partial charge in [-0.05, 0) is 56.0 Å². The van der Waals surface area contributed by atoms with E-state index in [1.165, 1.54) is 24.5 Å². The molecular formula is C29H31F2N7. The predicted octanol–water partition coefficient (Wildman–Crippen LogP) is 6.08. The van der Waals surface area contributed by atoms with E-state index in [1.807, 2.05) is 13.8 Å². The van der Waals surface area contributed by atoms with E-state index in [2.05, 4.69) is 26.8 Å². The van der Waals surface area contributed by atoms with Gasteiger partial charge >= 0.3 is 0 Å². The average molecular weight is 516 g/mol. The third-order valence-electron chi connectivity index (χ3n) is 7.32. The van der Waals surface area contributed by atoms with Crippen LogP contribution in [-0.2, 0) is 6.42 Å². The first-order valence-electron chi connectivity index (χ1n) is 12.9. The van der Waals surface area contributed by atoms with Crippen LogP contribution in [0.2, 0.25) is 0 Å². The number of rotatable bonds is 7. The van der Waals surface area contributed by atoms with E-state index >= 15 is 0 Å². The van der Waals surface area contributed by atoms with E-state index in [0.29, 0.717) is 40.3 Å². The van der Waals surface area contributed by atoms with Crippen LogP contribution in [0.4, 0.5) is 26.1 Å². The number of nitrogen functional groups attached to an aromatic ring is 1. The van der Waals surface area contributed by atoms with Gasteiger partial charge in [0, 0.05) is 22.9 Å². The summed E-state index contributed by atoms with van der Waals surface area (Å²) in [6.45, 7) is 8.15. The summed E-state index contributed by atoms with van der Waals surface area (Å²) in [6, 6.07) is 9.09. The predicted molar refractivity (Wildman–Crippen MR) is 148 cm³/mol. The lowest BCUT2D eigenvalue weighted by molar-refractivity contribution is 0.413. The number of halogens is 2. The fourth-order valence-electron chi connectivity index (χ4n) is 5.32. The second-order valence-corrected chi connectivity index (χ2v) is 9.77. The van der Waals surface area contributed by atoms with Gasteiger partial charge in [-0.25, -0.2) is 23.7 Å². The minimum absolute atomic E-state index is 0.0165. The molecule has 1 aromatic heterocycles. The van der Waals surface area contributed by atoms with Gasteiger partial charge in [0.25, 0.3) is 0 Å². The molecule has 0 spiro atoms. The fourth-order valence-corrected chi connectivity index (χ4v) is 5.32. The van der Waals surface area contributed by atoms with Gasteiger partial charge in [-0.2, -0.15) is 0 Å². The number of nitrogens with two attached hydrogens (primary N) is 1. The Morgan fingerprint density at radius 2 is 1.95 bits per heavy atom. The van der Waals surface area contributed by atoms with Crippen molar-refractivity contribution in [2.75, 3.05) is 11.1 Å². The Hall–Kier alpha value is -4.14. The molecule has 7 nitrogen and oxygen atoms in total. The molecule has 1 fully saturated rings. The first-order valence-corrected chi connectivity index (χ1v) is 12.9. The van der Waals surface area contributed by atoms with Crippen LogP contribution < -0.4 is 11.1 Å². The summed E-state index contributed by atoms with van der Waals surface area (Å²) >= 11 is 0.